The van der Waals surface area contributed by atoms with Crippen LogP contribution in [0.25, 0.3) is 5.76 Å². The number of hydrogen-bond acceptors (Lipinski definition) is 6. The van der Waals surface area contributed by atoms with Gasteiger partial charge in [0.25, 0.3) is 11.7 Å². The number of rotatable bonds is 9. The largest absolute Gasteiger partial charge is 0.507 e. The minimum Gasteiger partial charge on any atom is -0.507 e. The first-order valence-corrected chi connectivity index (χ1v) is 11.9. The number of Topliss-reactive ketones (excluding diaryl/α,β-unsaturated/α-hetero) is 1. The first-order chi connectivity index (χ1) is 17.5. The van der Waals surface area contributed by atoms with E-state index >= 15 is 0 Å². The van der Waals surface area contributed by atoms with Gasteiger partial charge in [-0.2, -0.15) is 0 Å². The lowest BCUT2D eigenvalue weighted by molar-refractivity contribution is -0.132. The van der Waals surface area contributed by atoms with Crippen molar-refractivity contribution in [3.8, 4) is 17.2 Å². The van der Waals surface area contributed by atoms with E-state index in [2.05, 4.69) is 0 Å². The van der Waals surface area contributed by atoms with Crippen LogP contribution >= 0.6 is 0 Å². The van der Waals surface area contributed by atoms with Crippen molar-refractivity contribution in [3.05, 3.63) is 89.5 Å². The van der Waals surface area contributed by atoms with E-state index in [1.165, 1.54) is 4.90 Å². The van der Waals surface area contributed by atoms with Gasteiger partial charge in [0.1, 0.15) is 23.0 Å². The van der Waals surface area contributed by atoms with E-state index in [0.29, 0.717) is 47.3 Å². The Morgan fingerprint density at radius 3 is 2.31 bits per heavy atom. The molecule has 4 rings (SSSR count). The summed E-state index contributed by atoms with van der Waals surface area (Å²) in [4.78, 5) is 28.2. The first-order valence-electron chi connectivity index (χ1n) is 11.9. The van der Waals surface area contributed by atoms with Crippen molar-refractivity contribution in [3.63, 3.8) is 0 Å². The molecule has 3 aromatic carbocycles. The smallest absolute Gasteiger partial charge is 0.300 e. The molecule has 1 unspecified atom stereocenters. The van der Waals surface area contributed by atoms with Gasteiger partial charge in [-0.05, 0) is 55.3 Å². The van der Waals surface area contributed by atoms with Crippen LogP contribution in [0.3, 0.4) is 0 Å². The van der Waals surface area contributed by atoms with Crippen LogP contribution in [0.4, 0.5) is 5.69 Å². The van der Waals surface area contributed by atoms with Crippen LogP contribution in [0.2, 0.25) is 0 Å². The van der Waals surface area contributed by atoms with Gasteiger partial charge < -0.3 is 19.3 Å². The predicted octanol–water partition coefficient (Wildman–Crippen LogP) is 5.51. The molecule has 7 nitrogen and oxygen atoms in total. The molecule has 1 aliphatic heterocycles. The molecule has 0 saturated carbocycles. The number of nitrogens with zero attached hydrogens (tertiary/aromatic N) is 1. The van der Waals surface area contributed by atoms with E-state index in [1.807, 2.05) is 13.8 Å². The van der Waals surface area contributed by atoms with Crippen molar-refractivity contribution in [1.29, 1.82) is 0 Å². The van der Waals surface area contributed by atoms with Crippen molar-refractivity contribution in [1.82, 2.24) is 0 Å². The van der Waals surface area contributed by atoms with Crippen molar-refractivity contribution in [2.45, 2.75) is 26.3 Å². The van der Waals surface area contributed by atoms with Gasteiger partial charge >= 0.3 is 0 Å². The predicted molar refractivity (Wildman–Crippen MR) is 138 cm³/mol. The van der Waals surface area contributed by atoms with E-state index in [1.54, 1.807) is 79.9 Å². The Balaban J connectivity index is 1.89. The highest BCUT2D eigenvalue weighted by Gasteiger charge is 2.47. The Morgan fingerprint density at radius 2 is 1.58 bits per heavy atom. The molecule has 1 aliphatic rings. The summed E-state index contributed by atoms with van der Waals surface area (Å²) in [6.07, 6.45) is 0.833. The van der Waals surface area contributed by atoms with Crippen molar-refractivity contribution < 1.29 is 28.9 Å². The zero-order valence-electron chi connectivity index (χ0n) is 20.6. The fraction of sp³-hybridized carbons (Fsp3) is 0.241. The number of benzene rings is 3. The Hall–Kier alpha value is -4.26. The standard InChI is InChI=1S/C29H29NO6/c1-4-15-36-24-14-8-11-21(18-24)30-26(19-9-6-12-22(16-19)34-3)25(28(32)29(30)33)27(31)20-10-7-13-23(17-20)35-5-2/h6-14,16-18,26,31H,4-5,15H2,1-3H3/b27-25+. The minimum absolute atomic E-state index is 0.0122. The number of methoxy groups -OCH3 is 1. The molecule has 1 heterocycles. The molecule has 0 bridgehead atoms. The lowest BCUT2D eigenvalue weighted by Crippen LogP contribution is -2.29. The molecule has 0 radical (unpaired) electrons. The number of aliphatic hydroxyl groups is 1. The molecule has 1 N–H and O–H groups in total. The molecule has 1 saturated heterocycles. The van der Waals surface area contributed by atoms with Gasteiger partial charge in [-0.1, -0.05) is 37.3 Å². The SMILES string of the molecule is CCCOc1cccc(N2C(=O)C(=O)/C(=C(/O)c3cccc(OCC)c3)C2c2cccc(OC)c2)c1. The van der Waals surface area contributed by atoms with E-state index in [4.69, 9.17) is 14.2 Å². The van der Waals surface area contributed by atoms with Gasteiger partial charge in [-0.3, -0.25) is 14.5 Å². The molecule has 186 valence electrons. The number of aliphatic hydroxyl groups excluding tert-OH is 1. The molecule has 3 aromatic rings. The Bertz CT molecular complexity index is 1300. The summed E-state index contributed by atoms with van der Waals surface area (Å²) in [7, 11) is 1.55. The average Bonchev–Trinajstić information content (AvgIpc) is 3.17. The quantitative estimate of drug-likeness (QED) is 0.243. The summed E-state index contributed by atoms with van der Waals surface area (Å²) in [5.74, 6) is -0.0837. The Morgan fingerprint density at radius 1 is 0.889 bits per heavy atom. The van der Waals surface area contributed by atoms with Crippen LogP contribution in [0.5, 0.6) is 17.2 Å². The number of carbonyl (C=O) groups is 2. The fourth-order valence-electron chi connectivity index (χ4n) is 4.22. The molecule has 7 heteroatoms. The van der Waals surface area contributed by atoms with Crippen LogP contribution in [0.15, 0.2) is 78.4 Å². The normalized spacial score (nSPS) is 16.8. The van der Waals surface area contributed by atoms with Gasteiger partial charge in [-0.15, -0.1) is 0 Å². The molecule has 1 fully saturated rings. The van der Waals surface area contributed by atoms with E-state index in [9.17, 15) is 14.7 Å². The van der Waals surface area contributed by atoms with Crippen molar-refractivity contribution >= 4 is 23.1 Å². The Kier molecular flexibility index (Phi) is 7.59. The average molecular weight is 488 g/mol. The number of amides is 1. The van der Waals surface area contributed by atoms with Crippen LogP contribution in [-0.4, -0.2) is 37.1 Å². The molecule has 1 amide bonds. The maximum Gasteiger partial charge on any atom is 0.300 e. The van der Waals surface area contributed by atoms with Crippen molar-refractivity contribution in [2.75, 3.05) is 25.2 Å². The van der Waals surface area contributed by atoms with Gasteiger partial charge in [-0.25, -0.2) is 0 Å². The van der Waals surface area contributed by atoms with Gasteiger partial charge in [0.05, 0.1) is 31.9 Å². The number of ketones is 1. The third-order valence-corrected chi connectivity index (χ3v) is 5.84. The highest BCUT2D eigenvalue weighted by atomic mass is 16.5. The highest BCUT2D eigenvalue weighted by Crippen LogP contribution is 2.43. The number of carbonyl (C=O) groups excluding carboxylic acids is 2. The second kappa shape index (κ2) is 11.0. The van der Waals surface area contributed by atoms with Gasteiger partial charge in [0.15, 0.2) is 0 Å². The zero-order valence-corrected chi connectivity index (χ0v) is 20.6. The molecular weight excluding hydrogens is 458 g/mol. The fourth-order valence-corrected chi connectivity index (χ4v) is 4.22. The molecule has 0 aromatic heterocycles. The lowest BCUT2D eigenvalue weighted by atomic mass is 9.95. The minimum atomic E-state index is -0.878. The van der Waals surface area contributed by atoms with Crippen LogP contribution in [0, 0.1) is 0 Å². The van der Waals surface area contributed by atoms with E-state index in [0.717, 1.165) is 6.42 Å². The molecule has 36 heavy (non-hydrogen) atoms. The van der Waals surface area contributed by atoms with Gasteiger partial charge in [0, 0.05) is 17.3 Å². The molecule has 1 atom stereocenters. The van der Waals surface area contributed by atoms with Crippen LogP contribution < -0.4 is 19.1 Å². The third kappa shape index (κ3) is 4.91. The monoisotopic (exact) mass is 487 g/mol. The summed E-state index contributed by atoms with van der Waals surface area (Å²) >= 11 is 0. The summed E-state index contributed by atoms with van der Waals surface area (Å²) in [5.41, 5.74) is 1.48. The third-order valence-electron chi connectivity index (χ3n) is 5.84. The summed E-state index contributed by atoms with van der Waals surface area (Å²) in [6, 6.07) is 20.1. The van der Waals surface area contributed by atoms with Crippen molar-refractivity contribution in [2.24, 2.45) is 0 Å². The number of ether oxygens (including phenoxy) is 3. The number of hydrogen-bond donors (Lipinski definition) is 1. The molecular formula is C29H29NO6. The zero-order chi connectivity index (χ0) is 25.7. The van der Waals surface area contributed by atoms with E-state index in [-0.39, 0.29) is 11.3 Å². The highest BCUT2D eigenvalue weighted by molar-refractivity contribution is 6.51. The topological polar surface area (TPSA) is 85.3 Å². The number of anilines is 1. The van der Waals surface area contributed by atoms with Crippen LogP contribution in [0.1, 0.15) is 37.4 Å². The molecule has 0 aliphatic carbocycles. The first kappa shape index (κ1) is 24.9. The Labute approximate surface area is 210 Å². The second-order valence-corrected chi connectivity index (χ2v) is 8.25. The second-order valence-electron chi connectivity index (χ2n) is 8.25. The summed E-state index contributed by atoms with van der Waals surface area (Å²) in [6.45, 7) is 4.84. The lowest BCUT2D eigenvalue weighted by Gasteiger charge is -2.26. The van der Waals surface area contributed by atoms with E-state index < -0.39 is 17.7 Å². The van der Waals surface area contributed by atoms with Gasteiger partial charge in [0.2, 0.25) is 0 Å². The maximum atomic E-state index is 13.4. The van der Waals surface area contributed by atoms with Crippen LogP contribution in [-0.2, 0) is 9.59 Å². The maximum absolute atomic E-state index is 13.4. The summed E-state index contributed by atoms with van der Waals surface area (Å²) < 4.78 is 16.7. The molecule has 0 spiro atoms. The summed E-state index contributed by atoms with van der Waals surface area (Å²) in [5, 5.41) is 11.4.